The summed E-state index contributed by atoms with van der Waals surface area (Å²) >= 11 is 0. The van der Waals surface area contributed by atoms with Gasteiger partial charge < -0.3 is 10.6 Å². The number of nitrogens with zero attached hydrogens (tertiary/aromatic N) is 1. The Bertz CT molecular complexity index is 869. The van der Waals surface area contributed by atoms with E-state index < -0.39 is 10.0 Å². The van der Waals surface area contributed by atoms with Crippen LogP contribution < -0.4 is 14.9 Å². The van der Waals surface area contributed by atoms with Gasteiger partial charge in [0.1, 0.15) is 0 Å². The highest BCUT2D eigenvalue weighted by atomic mass is 35.5. The average Bonchev–Trinajstić information content (AvgIpc) is 3.14. The number of anilines is 2. The number of halogens is 1. The van der Waals surface area contributed by atoms with Crippen molar-refractivity contribution in [3.05, 3.63) is 54.6 Å². The number of hydrogen-bond donors (Lipinski definition) is 2. The van der Waals surface area contributed by atoms with Crippen molar-refractivity contribution in [1.29, 1.82) is 0 Å². The summed E-state index contributed by atoms with van der Waals surface area (Å²) in [6.45, 7) is 0.942. The summed E-state index contributed by atoms with van der Waals surface area (Å²) in [5, 5.41) is 6.08. The van der Waals surface area contributed by atoms with Crippen molar-refractivity contribution in [2.45, 2.75) is 30.2 Å². The summed E-state index contributed by atoms with van der Waals surface area (Å²) < 4.78 is 26.9. The molecule has 8 heteroatoms. The highest BCUT2D eigenvalue weighted by Crippen LogP contribution is 2.24. The van der Waals surface area contributed by atoms with E-state index >= 15 is 0 Å². The Morgan fingerprint density at radius 1 is 1.19 bits per heavy atom. The minimum absolute atomic E-state index is 0. The molecule has 1 aliphatic heterocycles. The minimum Gasteiger partial charge on any atom is -0.326 e. The average molecular weight is 410 g/mol. The van der Waals surface area contributed by atoms with Crippen LogP contribution >= 0.6 is 12.4 Å². The maximum absolute atomic E-state index is 12.9. The van der Waals surface area contributed by atoms with Crippen LogP contribution in [0.3, 0.4) is 0 Å². The van der Waals surface area contributed by atoms with Gasteiger partial charge in [0.05, 0.1) is 10.6 Å². The van der Waals surface area contributed by atoms with Crippen molar-refractivity contribution in [2.24, 2.45) is 0 Å². The van der Waals surface area contributed by atoms with Crippen molar-refractivity contribution in [2.75, 3.05) is 23.2 Å². The first-order valence-electron chi connectivity index (χ1n) is 8.64. The van der Waals surface area contributed by atoms with Crippen LogP contribution in [-0.4, -0.2) is 34.0 Å². The molecule has 0 radical (unpaired) electrons. The van der Waals surface area contributed by atoms with E-state index in [2.05, 4.69) is 10.6 Å². The van der Waals surface area contributed by atoms with Crippen molar-refractivity contribution in [1.82, 2.24) is 5.32 Å². The highest BCUT2D eigenvalue weighted by molar-refractivity contribution is 7.92. The Balaban J connectivity index is 0.00000261. The lowest BCUT2D eigenvalue weighted by molar-refractivity contribution is -0.116. The number of nitrogens with one attached hydrogen (secondary N) is 2. The first kappa shape index (κ1) is 21.2. The van der Waals surface area contributed by atoms with Gasteiger partial charge in [-0.05, 0) is 49.7 Å². The molecule has 1 amide bonds. The predicted octanol–water partition coefficient (Wildman–Crippen LogP) is 3.01. The second-order valence-corrected chi connectivity index (χ2v) is 8.35. The summed E-state index contributed by atoms with van der Waals surface area (Å²) in [6, 6.07) is 15.4. The molecule has 1 aliphatic rings. The zero-order valence-corrected chi connectivity index (χ0v) is 16.7. The van der Waals surface area contributed by atoms with Crippen LogP contribution in [0.2, 0.25) is 0 Å². The molecule has 0 aliphatic carbocycles. The van der Waals surface area contributed by atoms with Gasteiger partial charge in [0.25, 0.3) is 10.0 Å². The van der Waals surface area contributed by atoms with E-state index in [1.165, 1.54) is 23.5 Å². The number of benzene rings is 2. The molecule has 6 nitrogen and oxygen atoms in total. The van der Waals surface area contributed by atoms with Crippen LogP contribution in [0.25, 0.3) is 0 Å². The van der Waals surface area contributed by atoms with E-state index in [4.69, 9.17) is 0 Å². The maximum atomic E-state index is 12.9. The van der Waals surface area contributed by atoms with Gasteiger partial charge in [0.15, 0.2) is 0 Å². The lowest BCUT2D eigenvalue weighted by Crippen LogP contribution is -2.28. The largest absolute Gasteiger partial charge is 0.326 e. The van der Waals surface area contributed by atoms with Gasteiger partial charge in [-0.1, -0.05) is 24.3 Å². The number of amides is 1. The molecule has 146 valence electrons. The number of rotatable bonds is 6. The quantitative estimate of drug-likeness (QED) is 0.768. The third-order valence-electron chi connectivity index (χ3n) is 4.49. The molecule has 27 heavy (non-hydrogen) atoms. The molecule has 2 N–H and O–H groups in total. The zero-order chi connectivity index (χ0) is 18.6. The number of hydrogen-bond acceptors (Lipinski definition) is 4. The Hall–Kier alpha value is -2.09. The second kappa shape index (κ2) is 9.21. The number of carbonyl (C=O) groups is 1. The number of sulfonamides is 1. The molecule has 3 rings (SSSR count). The summed E-state index contributed by atoms with van der Waals surface area (Å²) in [5.41, 5.74) is 1.06. The van der Waals surface area contributed by atoms with Gasteiger partial charge in [-0.3, -0.25) is 9.10 Å². The molecule has 1 heterocycles. The highest BCUT2D eigenvalue weighted by Gasteiger charge is 2.22. The Labute approximate surface area is 166 Å². The van der Waals surface area contributed by atoms with Crippen LogP contribution in [0.1, 0.15) is 19.3 Å². The van der Waals surface area contributed by atoms with E-state index in [9.17, 15) is 13.2 Å². The molecule has 0 spiro atoms. The van der Waals surface area contributed by atoms with Crippen LogP contribution in [-0.2, 0) is 14.8 Å². The van der Waals surface area contributed by atoms with Crippen molar-refractivity contribution in [3.8, 4) is 0 Å². The fourth-order valence-corrected chi connectivity index (χ4v) is 4.28. The zero-order valence-electron chi connectivity index (χ0n) is 15.1. The molecule has 1 fully saturated rings. The van der Waals surface area contributed by atoms with E-state index in [1.807, 2.05) is 6.07 Å². The normalized spacial score (nSPS) is 16.4. The molecule has 1 unspecified atom stereocenters. The molecule has 1 atom stereocenters. The summed E-state index contributed by atoms with van der Waals surface area (Å²) in [6.07, 6.45) is 2.46. The lowest BCUT2D eigenvalue weighted by atomic mass is 10.1. The third kappa shape index (κ3) is 5.22. The lowest BCUT2D eigenvalue weighted by Gasteiger charge is -2.20. The van der Waals surface area contributed by atoms with E-state index in [0.717, 1.165) is 19.4 Å². The number of carbonyl (C=O) groups excluding carboxylic acids is 1. The summed E-state index contributed by atoms with van der Waals surface area (Å²) in [5.74, 6) is -0.115. The van der Waals surface area contributed by atoms with Crippen LogP contribution in [0, 0.1) is 0 Å². The fraction of sp³-hybridized carbons (Fsp3) is 0.316. The molecule has 2 aromatic rings. The molecule has 0 aromatic heterocycles. The van der Waals surface area contributed by atoms with Crippen molar-refractivity contribution < 1.29 is 13.2 Å². The topological polar surface area (TPSA) is 78.5 Å². The third-order valence-corrected chi connectivity index (χ3v) is 6.27. The minimum atomic E-state index is -3.70. The Kier molecular flexibility index (Phi) is 7.24. The molecule has 1 saturated heterocycles. The molecule has 2 aromatic carbocycles. The van der Waals surface area contributed by atoms with Gasteiger partial charge in [-0.15, -0.1) is 12.4 Å². The first-order valence-corrected chi connectivity index (χ1v) is 10.1. The number of para-hydroxylation sites is 1. The van der Waals surface area contributed by atoms with E-state index in [1.54, 1.807) is 36.4 Å². The van der Waals surface area contributed by atoms with Crippen molar-refractivity contribution >= 4 is 39.7 Å². The van der Waals surface area contributed by atoms with Gasteiger partial charge in [-0.25, -0.2) is 8.42 Å². The summed E-state index contributed by atoms with van der Waals surface area (Å²) in [7, 11) is -2.19. The van der Waals surface area contributed by atoms with E-state index in [0.29, 0.717) is 17.8 Å². The van der Waals surface area contributed by atoms with Gasteiger partial charge >= 0.3 is 0 Å². The second-order valence-electron chi connectivity index (χ2n) is 6.38. The smallest absolute Gasteiger partial charge is 0.264 e. The Morgan fingerprint density at radius 3 is 2.59 bits per heavy atom. The molecule has 0 saturated carbocycles. The van der Waals surface area contributed by atoms with Crippen LogP contribution in [0.15, 0.2) is 59.5 Å². The molecule has 0 bridgehead atoms. The van der Waals surface area contributed by atoms with Crippen LogP contribution in [0.5, 0.6) is 0 Å². The standard InChI is InChI=1S/C19H23N3O3S.ClH/c1-22(17-9-3-2-4-10-17)26(24,25)18-11-5-7-16(13-18)21-19(23)14-15-8-6-12-20-15;/h2-5,7,9-11,13,15,20H,6,8,12,14H2,1H3,(H,21,23);1H. The SMILES string of the molecule is CN(c1ccccc1)S(=O)(=O)c1cccc(NC(=O)CC2CCCN2)c1.Cl. The van der Waals surface area contributed by atoms with Gasteiger partial charge in [-0.2, -0.15) is 0 Å². The van der Waals surface area contributed by atoms with Crippen LogP contribution in [0.4, 0.5) is 11.4 Å². The van der Waals surface area contributed by atoms with E-state index in [-0.39, 0.29) is 29.3 Å². The molecular formula is C19H24ClN3O3S. The van der Waals surface area contributed by atoms with Crippen molar-refractivity contribution in [3.63, 3.8) is 0 Å². The fourth-order valence-electron chi connectivity index (χ4n) is 3.04. The Morgan fingerprint density at radius 2 is 1.93 bits per heavy atom. The summed E-state index contributed by atoms with van der Waals surface area (Å²) in [4.78, 5) is 12.3. The van der Waals surface area contributed by atoms with Gasteiger partial charge in [0.2, 0.25) is 5.91 Å². The molecular weight excluding hydrogens is 386 g/mol. The first-order chi connectivity index (χ1) is 12.5. The van der Waals surface area contributed by atoms with Gasteiger partial charge in [0, 0.05) is 25.2 Å². The maximum Gasteiger partial charge on any atom is 0.264 e. The monoisotopic (exact) mass is 409 g/mol. The predicted molar refractivity (Wildman–Crippen MR) is 110 cm³/mol.